The second kappa shape index (κ2) is 6.35. The maximum Gasteiger partial charge on any atom is 0.325 e. The lowest BCUT2D eigenvalue weighted by molar-refractivity contribution is -0.139. The first kappa shape index (κ1) is 12.8. The van der Waals surface area contributed by atoms with Gasteiger partial charge in [0.05, 0.1) is 0 Å². The van der Waals surface area contributed by atoms with E-state index in [4.69, 9.17) is 5.11 Å². The van der Waals surface area contributed by atoms with Gasteiger partial charge in [-0.25, -0.2) is 0 Å². The number of thioether (sulfide) groups is 1. The van der Waals surface area contributed by atoms with Gasteiger partial charge in [0.25, 0.3) is 0 Å². The minimum atomic E-state index is -0.876. The predicted molar refractivity (Wildman–Crippen MR) is 66.8 cm³/mol. The Kier molecular flexibility index (Phi) is 5.08. The molecule has 1 rings (SSSR count). The number of hydrogen-bond donors (Lipinski definition) is 2. The predicted octanol–water partition coefficient (Wildman–Crippen LogP) is 2.31. The van der Waals surface area contributed by atoms with Gasteiger partial charge in [0.1, 0.15) is 6.04 Å². The fourth-order valence-corrected chi connectivity index (χ4v) is 1.75. The molecule has 16 heavy (non-hydrogen) atoms. The van der Waals surface area contributed by atoms with Crippen molar-refractivity contribution in [3.8, 4) is 0 Å². The van der Waals surface area contributed by atoms with Crippen LogP contribution in [0.3, 0.4) is 0 Å². The quantitative estimate of drug-likeness (QED) is 0.589. The van der Waals surface area contributed by atoms with E-state index in [1.54, 1.807) is 17.8 Å². The van der Waals surface area contributed by atoms with Gasteiger partial charge in [-0.15, -0.1) is 18.3 Å². The second-order valence-electron chi connectivity index (χ2n) is 3.24. The lowest BCUT2D eigenvalue weighted by atomic mass is 10.1. The molecule has 0 saturated carbocycles. The summed E-state index contributed by atoms with van der Waals surface area (Å²) in [6, 6.07) is 6.84. The zero-order chi connectivity index (χ0) is 12.0. The highest BCUT2D eigenvalue weighted by Crippen LogP contribution is 2.19. The van der Waals surface area contributed by atoms with E-state index in [0.29, 0.717) is 6.54 Å². The fourth-order valence-electron chi connectivity index (χ4n) is 1.35. The molecule has 1 atom stereocenters. The number of carboxylic acid groups (broad SMARTS) is 1. The monoisotopic (exact) mass is 237 g/mol. The standard InChI is InChI=1S/C12H15NO2S/c1-3-8-13-11(12(14)15)9-4-6-10(16-2)7-5-9/h3-7,11,13H,1,8H2,2H3,(H,14,15). The average Bonchev–Trinajstić information content (AvgIpc) is 2.30. The molecule has 0 spiro atoms. The largest absolute Gasteiger partial charge is 0.480 e. The van der Waals surface area contributed by atoms with Crippen molar-refractivity contribution >= 4 is 17.7 Å². The summed E-state index contributed by atoms with van der Waals surface area (Å²) in [5.41, 5.74) is 0.757. The van der Waals surface area contributed by atoms with E-state index in [2.05, 4.69) is 11.9 Å². The third-order valence-electron chi connectivity index (χ3n) is 2.16. The van der Waals surface area contributed by atoms with Gasteiger partial charge in [0.2, 0.25) is 0 Å². The first-order chi connectivity index (χ1) is 7.69. The van der Waals surface area contributed by atoms with Crippen LogP contribution in [0.25, 0.3) is 0 Å². The number of rotatable bonds is 6. The van der Waals surface area contributed by atoms with E-state index in [1.165, 1.54) is 0 Å². The van der Waals surface area contributed by atoms with E-state index in [-0.39, 0.29) is 0 Å². The maximum atomic E-state index is 11.1. The summed E-state index contributed by atoms with van der Waals surface area (Å²) in [6.45, 7) is 4.03. The summed E-state index contributed by atoms with van der Waals surface area (Å²) in [5, 5.41) is 12.0. The van der Waals surface area contributed by atoms with Crippen LogP contribution in [0.5, 0.6) is 0 Å². The van der Waals surface area contributed by atoms with Crippen molar-refractivity contribution in [3.05, 3.63) is 42.5 Å². The van der Waals surface area contributed by atoms with E-state index in [1.807, 2.05) is 30.5 Å². The molecule has 86 valence electrons. The highest BCUT2D eigenvalue weighted by atomic mass is 32.2. The molecule has 0 heterocycles. The minimum Gasteiger partial charge on any atom is -0.480 e. The van der Waals surface area contributed by atoms with Crippen molar-refractivity contribution in [2.24, 2.45) is 0 Å². The summed E-state index contributed by atoms with van der Waals surface area (Å²) in [7, 11) is 0. The van der Waals surface area contributed by atoms with Crippen LogP contribution in [0.4, 0.5) is 0 Å². The Bertz CT molecular complexity index is 362. The zero-order valence-electron chi connectivity index (χ0n) is 9.14. The molecular weight excluding hydrogens is 222 g/mol. The first-order valence-electron chi connectivity index (χ1n) is 4.90. The number of nitrogens with one attached hydrogen (secondary N) is 1. The number of aliphatic carboxylic acids is 1. The van der Waals surface area contributed by atoms with Crippen molar-refractivity contribution in [1.29, 1.82) is 0 Å². The van der Waals surface area contributed by atoms with Gasteiger partial charge < -0.3 is 5.11 Å². The molecule has 0 radical (unpaired) electrons. The summed E-state index contributed by atoms with van der Waals surface area (Å²) >= 11 is 1.63. The van der Waals surface area contributed by atoms with Crippen molar-refractivity contribution in [1.82, 2.24) is 5.32 Å². The topological polar surface area (TPSA) is 49.3 Å². The van der Waals surface area contributed by atoms with Crippen molar-refractivity contribution in [2.45, 2.75) is 10.9 Å². The van der Waals surface area contributed by atoms with Gasteiger partial charge in [-0.3, -0.25) is 10.1 Å². The van der Waals surface area contributed by atoms with Crippen LogP contribution in [0.15, 0.2) is 41.8 Å². The highest BCUT2D eigenvalue weighted by Gasteiger charge is 2.17. The summed E-state index contributed by atoms with van der Waals surface area (Å²) < 4.78 is 0. The molecule has 1 aromatic rings. The maximum absolute atomic E-state index is 11.1. The second-order valence-corrected chi connectivity index (χ2v) is 4.12. The van der Waals surface area contributed by atoms with Gasteiger partial charge in [0.15, 0.2) is 0 Å². The van der Waals surface area contributed by atoms with Crippen LogP contribution in [-0.2, 0) is 4.79 Å². The molecule has 0 aliphatic heterocycles. The molecular formula is C12H15NO2S. The number of benzene rings is 1. The van der Waals surface area contributed by atoms with E-state index in [9.17, 15) is 4.79 Å². The molecule has 0 saturated heterocycles. The fraction of sp³-hybridized carbons (Fsp3) is 0.250. The van der Waals surface area contributed by atoms with Crippen LogP contribution >= 0.6 is 11.8 Å². The number of carboxylic acids is 1. The SMILES string of the molecule is C=CCNC(C(=O)O)c1ccc(SC)cc1. The molecule has 0 aliphatic rings. The molecule has 2 N–H and O–H groups in total. The summed E-state index contributed by atoms with van der Waals surface area (Å²) in [5.74, 6) is -0.876. The molecule has 1 unspecified atom stereocenters. The first-order valence-corrected chi connectivity index (χ1v) is 6.12. The summed E-state index contributed by atoms with van der Waals surface area (Å²) in [4.78, 5) is 12.2. The lowest BCUT2D eigenvalue weighted by Gasteiger charge is -2.13. The minimum absolute atomic E-state index is 0.473. The van der Waals surface area contributed by atoms with Crippen molar-refractivity contribution < 1.29 is 9.90 Å². The van der Waals surface area contributed by atoms with Crippen LogP contribution in [0.2, 0.25) is 0 Å². The van der Waals surface area contributed by atoms with Crippen LogP contribution in [0.1, 0.15) is 11.6 Å². The van der Waals surface area contributed by atoms with Gasteiger partial charge in [-0.1, -0.05) is 18.2 Å². The number of hydrogen-bond acceptors (Lipinski definition) is 3. The zero-order valence-corrected chi connectivity index (χ0v) is 9.96. The molecule has 0 bridgehead atoms. The Hall–Kier alpha value is -1.26. The van der Waals surface area contributed by atoms with E-state index in [0.717, 1.165) is 10.5 Å². The molecule has 0 aliphatic carbocycles. The van der Waals surface area contributed by atoms with Crippen LogP contribution in [-0.4, -0.2) is 23.9 Å². The smallest absolute Gasteiger partial charge is 0.325 e. The third kappa shape index (κ3) is 3.40. The van der Waals surface area contributed by atoms with E-state index >= 15 is 0 Å². The van der Waals surface area contributed by atoms with Gasteiger partial charge >= 0.3 is 5.97 Å². The Morgan fingerprint density at radius 1 is 1.56 bits per heavy atom. The van der Waals surface area contributed by atoms with Gasteiger partial charge in [0, 0.05) is 11.4 Å². The summed E-state index contributed by atoms with van der Waals surface area (Å²) in [6.07, 6.45) is 3.63. The average molecular weight is 237 g/mol. The van der Waals surface area contributed by atoms with Gasteiger partial charge in [-0.2, -0.15) is 0 Å². The normalized spacial score (nSPS) is 12.1. The Morgan fingerprint density at radius 3 is 2.62 bits per heavy atom. The lowest BCUT2D eigenvalue weighted by Crippen LogP contribution is -2.28. The molecule has 0 fully saturated rings. The highest BCUT2D eigenvalue weighted by molar-refractivity contribution is 7.98. The van der Waals surface area contributed by atoms with Crippen LogP contribution < -0.4 is 5.32 Å². The molecule has 0 amide bonds. The van der Waals surface area contributed by atoms with Crippen LogP contribution in [0, 0.1) is 0 Å². The van der Waals surface area contributed by atoms with Gasteiger partial charge in [-0.05, 0) is 24.0 Å². The van der Waals surface area contributed by atoms with E-state index < -0.39 is 12.0 Å². The van der Waals surface area contributed by atoms with Crippen molar-refractivity contribution in [3.63, 3.8) is 0 Å². The Labute approximate surface area is 99.6 Å². The molecule has 3 nitrogen and oxygen atoms in total. The number of carbonyl (C=O) groups is 1. The third-order valence-corrected chi connectivity index (χ3v) is 2.91. The Balaban J connectivity index is 2.83. The molecule has 0 aromatic heterocycles. The van der Waals surface area contributed by atoms with Crippen molar-refractivity contribution in [2.75, 3.05) is 12.8 Å². The molecule has 1 aromatic carbocycles. The Morgan fingerprint density at radius 2 is 2.19 bits per heavy atom. The molecule has 4 heteroatoms.